The van der Waals surface area contributed by atoms with Crippen LogP contribution in [0.15, 0.2) is 0 Å². The zero-order chi connectivity index (χ0) is 14.8. The highest BCUT2D eigenvalue weighted by molar-refractivity contribution is 5.85. The molecule has 2 N–H and O–H groups in total. The molecular weight excluding hydrogens is 290 g/mol. The fourth-order valence-corrected chi connectivity index (χ4v) is 3.12. The molecule has 5 nitrogen and oxygen atoms in total. The number of amides is 1. The number of halogens is 1. The maximum absolute atomic E-state index is 12.1. The van der Waals surface area contributed by atoms with Crippen LogP contribution in [0.3, 0.4) is 0 Å². The Morgan fingerprint density at radius 3 is 2.48 bits per heavy atom. The number of hydrogen-bond acceptors (Lipinski definition) is 4. The van der Waals surface area contributed by atoms with Gasteiger partial charge in [0.05, 0.1) is 18.2 Å². The summed E-state index contributed by atoms with van der Waals surface area (Å²) in [7, 11) is 0. The van der Waals surface area contributed by atoms with Crippen LogP contribution >= 0.6 is 12.4 Å². The number of morpholine rings is 1. The second-order valence-corrected chi connectivity index (χ2v) is 6.84. The molecule has 0 aliphatic carbocycles. The first-order valence-corrected chi connectivity index (χ1v) is 7.80. The van der Waals surface area contributed by atoms with Crippen molar-refractivity contribution in [3.63, 3.8) is 0 Å². The second-order valence-electron chi connectivity index (χ2n) is 6.84. The Bertz CT molecular complexity index is 336. The highest BCUT2D eigenvalue weighted by atomic mass is 35.5. The van der Waals surface area contributed by atoms with Gasteiger partial charge in [0, 0.05) is 25.2 Å². The van der Waals surface area contributed by atoms with Crippen LogP contribution in [0, 0.1) is 0 Å². The van der Waals surface area contributed by atoms with Crippen molar-refractivity contribution in [3.8, 4) is 0 Å². The molecule has 0 aromatic heterocycles. The molecule has 2 heterocycles. The van der Waals surface area contributed by atoms with Crippen molar-refractivity contribution >= 4 is 18.3 Å². The summed E-state index contributed by atoms with van der Waals surface area (Å²) < 4.78 is 5.78. The van der Waals surface area contributed by atoms with E-state index in [2.05, 4.69) is 43.2 Å². The third-order valence-electron chi connectivity index (χ3n) is 4.35. The average molecular weight is 320 g/mol. The molecule has 0 aromatic rings. The lowest BCUT2D eigenvalue weighted by molar-refractivity contribution is -0.124. The van der Waals surface area contributed by atoms with Crippen LogP contribution in [0.4, 0.5) is 0 Å². The van der Waals surface area contributed by atoms with Gasteiger partial charge in [-0.15, -0.1) is 12.4 Å². The summed E-state index contributed by atoms with van der Waals surface area (Å²) >= 11 is 0. The molecule has 0 bridgehead atoms. The zero-order valence-corrected chi connectivity index (χ0v) is 14.5. The molecule has 6 heteroatoms. The molecule has 2 saturated heterocycles. The largest absolute Gasteiger partial charge is 0.373 e. The average Bonchev–Trinajstić information content (AvgIpc) is 2.88. The van der Waals surface area contributed by atoms with Gasteiger partial charge in [-0.05, 0) is 47.1 Å². The van der Waals surface area contributed by atoms with E-state index in [4.69, 9.17) is 4.74 Å². The standard InChI is InChI=1S/C15H29N3O2.ClH/c1-11-8-18(9-12(2)20-11)15(3,4)10-17-14(19)13-6-5-7-16-13;/h11-13,16H,5-10H2,1-4H3,(H,17,19);1H. The quantitative estimate of drug-likeness (QED) is 0.816. The number of nitrogens with one attached hydrogen (secondary N) is 2. The van der Waals surface area contributed by atoms with Crippen LogP contribution in [0.1, 0.15) is 40.5 Å². The minimum atomic E-state index is -0.0411. The fraction of sp³-hybridized carbons (Fsp3) is 0.933. The van der Waals surface area contributed by atoms with Crippen LogP contribution in [0.2, 0.25) is 0 Å². The summed E-state index contributed by atoms with van der Waals surface area (Å²) in [4.78, 5) is 14.5. The van der Waals surface area contributed by atoms with Crippen molar-refractivity contribution in [2.45, 2.75) is 64.3 Å². The predicted octanol–water partition coefficient (Wildman–Crippen LogP) is 1.16. The van der Waals surface area contributed by atoms with E-state index in [1.807, 2.05) is 0 Å². The van der Waals surface area contributed by atoms with Gasteiger partial charge in [0.1, 0.15) is 0 Å². The molecule has 0 radical (unpaired) electrons. The highest BCUT2D eigenvalue weighted by Gasteiger charge is 2.34. The molecule has 3 unspecified atom stereocenters. The lowest BCUT2D eigenvalue weighted by atomic mass is 10.00. The van der Waals surface area contributed by atoms with Gasteiger partial charge in [-0.2, -0.15) is 0 Å². The topological polar surface area (TPSA) is 53.6 Å². The number of nitrogens with zero attached hydrogens (tertiary/aromatic N) is 1. The molecule has 2 fully saturated rings. The molecule has 0 spiro atoms. The Morgan fingerprint density at radius 1 is 1.33 bits per heavy atom. The maximum atomic E-state index is 12.1. The van der Waals surface area contributed by atoms with E-state index in [-0.39, 0.29) is 42.1 Å². The first-order valence-electron chi connectivity index (χ1n) is 7.80. The van der Waals surface area contributed by atoms with Crippen LogP contribution < -0.4 is 10.6 Å². The van der Waals surface area contributed by atoms with Crippen LogP contribution in [0.25, 0.3) is 0 Å². The Kier molecular flexibility index (Phi) is 6.91. The van der Waals surface area contributed by atoms with Crippen LogP contribution in [-0.4, -0.2) is 60.8 Å². The number of rotatable bonds is 4. The van der Waals surface area contributed by atoms with Crippen molar-refractivity contribution in [3.05, 3.63) is 0 Å². The molecule has 21 heavy (non-hydrogen) atoms. The first kappa shape index (κ1) is 18.7. The van der Waals surface area contributed by atoms with Gasteiger partial charge in [-0.3, -0.25) is 9.69 Å². The lowest BCUT2D eigenvalue weighted by Crippen LogP contribution is -2.59. The van der Waals surface area contributed by atoms with Crippen molar-refractivity contribution in [2.24, 2.45) is 0 Å². The third-order valence-corrected chi connectivity index (χ3v) is 4.35. The number of carbonyl (C=O) groups is 1. The normalized spacial score (nSPS) is 30.8. The first-order chi connectivity index (χ1) is 9.38. The van der Waals surface area contributed by atoms with Crippen molar-refractivity contribution in [2.75, 3.05) is 26.2 Å². The van der Waals surface area contributed by atoms with E-state index in [0.29, 0.717) is 6.54 Å². The number of ether oxygens (including phenoxy) is 1. The number of carbonyl (C=O) groups excluding carboxylic acids is 1. The Hall–Kier alpha value is -0.360. The molecule has 0 aromatic carbocycles. The monoisotopic (exact) mass is 319 g/mol. The molecule has 2 rings (SSSR count). The SMILES string of the molecule is CC1CN(C(C)(C)CNC(=O)C2CCCN2)CC(C)O1.Cl. The zero-order valence-electron chi connectivity index (χ0n) is 13.6. The minimum Gasteiger partial charge on any atom is -0.373 e. The van der Waals surface area contributed by atoms with Crippen LogP contribution in [0.5, 0.6) is 0 Å². The Morgan fingerprint density at radius 2 is 1.95 bits per heavy atom. The highest BCUT2D eigenvalue weighted by Crippen LogP contribution is 2.20. The van der Waals surface area contributed by atoms with E-state index >= 15 is 0 Å². The van der Waals surface area contributed by atoms with Gasteiger partial charge in [-0.25, -0.2) is 0 Å². The smallest absolute Gasteiger partial charge is 0.237 e. The summed E-state index contributed by atoms with van der Waals surface area (Å²) in [5, 5.41) is 6.35. The van der Waals surface area contributed by atoms with Gasteiger partial charge < -0.3 is 15.4 Å². The number of hydrogen-bond donors (Lipinski definition) is 2. The van der Waals surface area contributed by atoms with E-state index in [1.165, 1.54) is 0 Å². The predicted molar refractivity (Wildman–Crippen MR) is 86.9 cm³/mol. The summed E-state index contributed by atoms with van der Waals surface area (Å²) in [5.41, 5.74) is -0.0411. The molecule has 2 aliphatic rings. The van der Waals surface area contributed by atoms with E-state index < -0.39 is 0 Å². The van der Waals surface area contributed by atoms with Crippen molar-refractivity contribution < 1.29 is 9.53 Å². The van der Waals surface area contributed by atoms with Crippen molar-refractivity contribution in [1.82, 2.24) is 15.5 Å². The molecule has 1 amide bonds. The van der Waals surface area contributed by atoms with Gasteiger partial charge in [0.15, 0.2) is 0 Å². The second kappa shape index (κ2) is 7.77. The van der Waals surface area contributed by atoms with Gasteiger partial charge in [0.25, 0.3) is 0 Å². The maximum Gasteiger partial charge on any atom is 0.237 e. The summed E-state index contributed by atoms with van der Waals surface area (Å²) in [6, 6.07) is 0.00772. The summed E-state index contributed by atoms with van der Waals surface area (Å²) in [6.45, 7) is 12.1. The summed E-state index contributed by atoms with van der Waals surface area (Å²) in [6.07, 6.45) is 2.56. The molecule has 2 aliphatic heterocycles. The third kappa shape index (κ3) is 5.09. The molecule has 124 valence electrons. The minimum absolute atomic E-state index is 0. The van der Waals surface area contributed by atoms with Gasteiger partial charge in [-0.1, -0.05) is 0 Å². The van der Waals surface area contributed by atoms with Gasteiger partial charge in [0.2, 0.25) is 5.91 Å². The van der Waals surface area contributed by atoms with Crippen LogP contribution in [-0.2, 0) is 9.53 Å². The molecule has 3 atom stereocenters. The molecular formula is C15H30ClN3O2. The summed E-state index contributed by atoms with van der Waals surface area (Å²) in [5.74, 6) is 0.143. The Balaban J connectivity index is 0.00000220. The Labute approximate surface area is 134 Å². The van der Waals surface area contributed by atoms with E-state index in [0.717, 1.165) is 32.5 Å². The van der Waals surface area contributed by atoms with Gasteiger partial charge >= 0.3 is 0 Å². The molecule has 0 saturated carbocycles. The van der Waals surface area contributed by atoms with E-state index in [9.17, 15) is 4.79 Å². The van der Waals surface area contributed by atoms with Crippen molar-refractivity contribution in [1.29, 1.82) is 0 Å². The van der Waals surface area contributed by atoms with E-state index in [1.54, 1.807) is 0 Å². The lowest BCUT2D eigenvalue weighted by Gasteiger charge is -2.45. The fourth-order valence-electron chi connectivity index (χ4n) is 3.12.